The summed E-state index contributed by atoms with van der Waals surface area (Å²) in [4.78, 5) is 38.8. The largest absolute Gasteiger partial charge is 0.455 e. The third-order valence-electron chi connectivity index (χ3n) is 6.10. The van der Waals surface area contributed by atoms with Crippen molar-refractivity contribution in [1.29, 1.82) is 0 Å². The Hall–Kier alpha value is -3.24. The number of carbonyl (C=O) groups is 3. The minimum atomic E-state index is -3.75. The molecule has 2 aromatic carbocycles. The maximum atomic E-state index is 13.1. The predicted octanol–water partition coefficient (Wildman–Crippen LogP) is 1.12. The van der Waals surface area contributed by atoms with Crippen LogP contribution in [-0.4, -0.2) is 57.3 Å². The number of nitrogens with zero attached hydrogens (tertiary/aromatic N) is 1. The van der Waals surface area contributed by atoms with E-state index >= 15 is 0 Å². The Morgan fingerprint density at radius 3 is 2.21 bits per heavy atom. The smallest absolute Gasteiger partial charge is 0.317 e. The summed E-state index contributed by atoms with van der Waals surface area (Å²) in [5.41, 5.74) is 0.731. The van der Waals surface area contributed by atoms with Gasteiger partial charge in [0.2, 0.25) is 15.9 Å². The van der Waals surface area contributed by atoms with Crippen molar-refractivity contribution >= 4 is 27.8 Å². The molecule has 1 aliphatic heterocycles. The van der Waals surface area contributed by atoms with Crippen LogP contribution in [0.4, 0.5) is 0 Å². The van der Waals surface area contributed by atoms with E-state index in [9.17, 15) is 22.8 Å². The average molecular weight is 488 g/mol. The Morgan fingerprint density at radius 1 is 1.03 bits per heavy atom. The van der Waals surface area contributed by atoms with Crippen LogP contribution in [0, 0.1) is 0 Å². The van der Waals surface area contributed by atoms with Crippen LogP contribution in [0.1, 0.15) is 30.9 Å². The number of primary sulfonamides is 1. The number of benzene rings is 2. The standard InChI is InChI=1S/C24H29N3O6S/c1-18(28)27-15-12-24(13-16-27,20-5-3-2-4-6-20)23(30)33-17-22(29)26-14-11-19-7-9-21(10-8-19)34(25,31)32/h2-10H,11-17H2,1H3,(H,26,29)(H2,25,31,32). The topological polar surface area (TPSA) is 136 Å². The van der Waals surface area contributed by atoms with Crippen LogP contribution in [0.2, 0.25) is 0 Å². The van der Waals surface area contributed by atoms with Crippen molar-refractivity contribution in [3.05, 3.63) is 65.7 Å². The number of sulfonamides is 1. The van der Waals surface area contributed by atoms with E-state index in [2.05, 4.69) is 5.32 Å². The molecular weight excluding hydrogens is 458 g/mol. The first-order valence-electron chi connectivity index (χ1n) is 11.0. The number of likely N-dealkylation sites (tertiary alicyclic amines) is 1. The van der Waals surface area contributed by atoms with E-state index < -0.39 is 33.9 Å². The van der Waals surface area contributed by atoms with Crippen LogP contribution in [0.15, 0.2) is 59.5 Å². The van der Waals surface area contributed by atoms with Crippen molar-refractivity contribution in [3.63, 3.8) is 0 Å². The molecule has 2 aromatic rings. The molecule has 0 saturated carbocycles. The summed E-state index contributed by atoms with van der Waals surface area (Å²) in [5, 5.41) is 7.78. The van der Waals surface area contributed by atoms with Crippen molar-refractivity contribution in [1.82, 2.24) is 10.2 Å². The lowest BCUT2D eigenvalue weighted by Crippen LogP contribution is -2.49. The second-order valence-electron chi connectivity index (χ2n) is 8.32. The average Bonchev–Trinajstić information content (AvgIpc) is 2.83. The Labute approximate surface area is 199 Å². The van der Waals surface area contributed by atoms with E-state index in [1.54, 1.807) is 17.0 Å². The molecule has 1 saturated heterocycles. The van der Waals surface area contributed by atoms with E-state index in [1.165, 1.54) is 19.1 Å². The molecule has 1 aliphatic rings. The summed E-state index contributed by atoms with van der Waals surface area (Å²) < 4.78 is 28.0. The molecule has 2 amide bonds. The highest BCUT2D eigenvalue weighted by Gasteiger charge is 2.44. The molecule has 1 fully saturated rings. The molecule has 34 heavy (non-hydrogen) atoms. The van der Waals surface area contributed by atoms with E-state index in [-0.39, 0.29) is 10.8 Å². The Morgan fingerprint density at radius 2 is 1.65 bits per heavy atom. The van der Waals surface area contributed by atoms with Gasteiger partial charge in [0, 0.05) is 26.6 Å². The maximum Gasteiger partial charge on any atom is 0.317 e. The lowest BCUT2D eigenvalue weighted by molar-refractivity contribution is -0.157. The summed E-state index contributed by atoms with van der Waals surface area (Å²) in [6, 6.07) is 15.4. The first-order chi connectivity index (χ1) is 16.1. The monoisotopic (exact) mass is 487 g/mol. The van der Waals surface area contributed by atoms with E-state index in [1.807, 2.05) is 30.3 Å². The van der Waals surface area contributed by atoms with Crippen molar-refractivity contribution in [2.75, 3.05) is 26.2 Å². The fourth-order valence-corrected chi connectivity index (χ4v) is 4.60. The second kappa shape index (κ2) is 10.8. The van der Waals surface area contributed by atoms with Crippen LogP contribution >= 0.6 is 0 Å². The number of nitrogens with two attached hydrogens (primary N) is 1. The zero-order chi connectivity index (χ0) is 24.8. The highest BCUT2D eigenvalue weighted by atomic mass is 32.2. The first kappa shape index (κ1) is 25.4. The summed E-state index contributed by atoms with van der Waals surface area (Å²) in [6.07, 6.45) is 1.32. The highest BCUT2D eigenvalue weighted by molar-refractivity contribution is 7.89. The summed E-state index contributed by atoms with van der Waals surface area (Å²) in [5.74, 6) is -0.941. The molecule has 0 spiro atoms. The number of piperidine rings is 1. The van der Waals surface area contributed by atoms with Crippen molar-refractivity contribution in [2.45, 2.75) is 36.5 Å². The summed E-state index contributed by atoms with van der Waals surface area (Å²) >= 11 is 0. The minimum absolute atomic E-state index is 0.0219. The molecule has 0 aliphatic carbocycles. The number of ether oxygens (including phenoxy) is 1. The molecule has 1 heterocycles. The van der Waals surface area contributed by atoms with Crippen molar-refractivity contribution in [2.24, 2.45) is 5.14 Å². The second-order valence-corrected chi connectivity index (χ2v) is 9.88. The number of hydrogen-bond acceptors (Lipinski definition) is 6. The molecule has 3 N–H and O–H groups in total. The molecule has 0 aromatic heterocycles. The van der Waals surface area contributed by atoms with Gasteiger partial charge in [0.05, 0.1) is 10.3 Å². The number of rotatable bonds is 8. The summed E-state index contributed by atoms with van der Waals surface area (Å²) in [7, 11) is -3.75. The van der Waals surface area contributed by atoms with Gasteiger partial charge in [0.25, 0.3) is 5.91 Å². The van der Waals surface area contributed by atoms with Crippen LogP contribution < -0.4 is 10.5 Å². The lowest BCUT2D eigenvalue weighted by Gasteiger charge is -2.40. The van der Waals surface area contributed by atoms with Gasteiger partial charge in [-0.1, -0.05) is 42.5 Å². The normalized spacial score (nSPS) is 15.4. The predicted molar refractivity (Wildman–Crippen MR) is 125 cm³/mol. The first-order valence-corrected chi connectivity index (χ1v) is 12.5. The molecule has 0 atom stereocenters. The number of hydrogen-bond donors (Lipinski definition) is 2. The quantitative estimate of drug-likeness (QED) is 0.536. The maximum absolute atomic E-state index is 13.1. The minimum Gasteiger partial charge on any atom is -0.455 e. The molecular formula is C24H29N3O6S. The van der Waals surface area contributed by atoms with Gasteiger partial charge < -0.3 is 15.0 Å². The SMILES string of the molecule is CC(=O)N1CCC(C(=O)OCC(=O)NCCc2ccc(S(N)(=O)=O)cc2)(c2ccccc2)CC1. The van der Waals surface area contributed by atoms with E-state index in [4.69, 9.17) is 9.88 Å². The fourth-order valence-electron chi connectivity index (χ4n) is 4.08. The number of amides is 2. The van der Waals surface area contributed by atoms with Crippen LogP contribution in [-0.2, 0) is 41.0 Å². The third kappa shape index (κ3) is 6.21. The van der Waals surface area contributed by atoms with Gasteiger partial charge in [0.15, 0.2) is 6.61 Å². The molecule has 0 radical (unpaired) electrons. The zero-order valence-corrected chi connectivity index (χ0v) is 19.8. The van der Waals surface area contributed by atoms with E-state index in [0.717, 1.165) is 11.1 Å². The fraction of sp³-hybridized carbons (Fsp3) is 0.375. The van der Waals surface area contributed by atoms with Gasteiger partial charge >= 0.3 is 5.97 Å². The summed E-state index contributed by atoms with van der Waals surface area (Å²) in [6.45, 7) is 2.27. The highest BCUT2D eigenvalue weighted by Crippen LogP contribution is 2.37. The zero-order valence-electron chi connectivity index (χ0n) is 19.0. The van der Waals surface area contributed by atoms with Crippen LogP contribution in [0.25, 0.3) is 0 Å². The molecule has 0 bridgehead atoms. The van der Waals surface area contributed by atoms with Gasteiger partial charge in [-0.25, -0.2) is 13.6 Å². The van der Waals surface area contributed by atoms with Gasteiger partial charge in [-0.3, -0.25) is 14.4 Å². The molecule has 10 heteroatoms. The van der Waals surface area contributed by atoms with Gasteiger partial charge in [-0.2, -0.15) is 0 Å². The molecule has 3 rings (SSSR count). The third-order valence-corrected chi connectivity index (χ3v) is 7.03. The molecule has 182 valence electrons. The molecule has 9 nitrogen and oxygen atoms in total. The Kier molecular flexibility index (Phi) is 8.06. The van der Waals surface area contributed by atoms with Crippen LogP contribution in [0.3, 0.4) is 0 Å². The molecule has 0 unspecified atom stereocenters. The number of carbonyl (C=O) groups excluding carboxylic acids is 3. The van der Waals surface area contributed by atoms with Crippen molar-refractivity contribution < 1.29 is 27.5 Å². The van der Waals surface area contributed by atoms with Gasteiger partial charge in [-0.05, 0) is 42.5 Å². The lowest BCUT2D eigenvalue weighted by atomic mass is 9.72. The van der Waals surface area contributed by atoms with Crippen molar-refractivity contribution in [3.8, 4) is 0 Å². The van der Waals surface area contributed by atoms with E-state index in [0.29, 0.717) is 38.9 Å². The van der Waals surface area contributed by atoms with Crippen LogP contribution in [0.5, 0.6) is 0 Å². The van der Waals surface area contributed by atoms with Gasteiger partial charge in [0.1, 0.15) is 0 Å². The number of nitrogens with one attached hydrogen (secondary N) is 1. The Bertz CT molecular complexity index is 1130. The Balaban J connectivity index is 1.54. The van der Waals surface area contributed by atoms with Gasteiger partial charge in [-0.15, -0.1) is 0 Å². The number of esters is 1.